The molecule has 1 aromatic carbocycles. The Hall–Kier alpha value is -1.52. The highest BCUT2D eigenvalue weighted by molar-refractivity contribution is 5.78. The average molecular weight is 286 g/mol. The minimum absolute atomic E-state index is 0.103. The second-order valence-electron chi connectivity index (χ2n) is 6.42. The smallest absolute Gasteiger partial charge is 0.123 e. The standard InChI is InChI=1S/C17H19FN2O/c18-14-4-6-16-11(7-14)3-5-15(19-16)10-20-8-12-1-2-13(9-20)17(12)21/h3-7,12-13,17,21H,1-2,8-10H2/t12-,13+,17?. The Balaban J connectivity index is 1.53. The summed E-state index contributed by atoms with van der Waals surface area (Å²) in [7, 11) is 0. The molecule has 0 amide bonds. The summed E-state index contributed by atoms with van der Waals surface area (Å²) in [6.45, 7) is 2.73. The average Bonchev–Trinajstić information content (AvgIpc) is 2.70. The zero-order chi connectivity index (χ0) is 14.4. The van der Waals surface area contributed by atoms with Gasteiger partial charge < -0.3 is 5.11 Å². The number of likely N-dealkylation sites (tertiary alicyclic amines) is 1. The predicted octanol–water partition coefficient (Wildman–Crippen LogP) is 2.58. The van der Waals surface area contributed by atoms with Crippen LogP contribution in [0, 0.1) is 17.7 Å². The van der Waals surface area contributed by atoms with Gasteiger partial charge in [0.2, 0.25) is 0 Å². The molecule has 1 aliphatic carbocycles. The molecule has 0 radical (unpaired) electrons. The van der Waals surface area contributed by atoms with Gasteiger partial charge in [-0.2, -0.15) is 0 Å². The molecule has 1 unspecified atom stereocenters. The summed E-state index contributed by atoms with van der Waals surface area (Å²) in [6, 6.07) is 8.63. The fraction of sp³-hybridized carbons (Fsp3) is 0.471. The van der Waals surface area contributed by atoms with E-state index in [2.05, 4.69) is 9.88 Å². The number of benzene rings is 1. The maximum Gasteiger partial charge on any atom is 0.123 e. The Kier molecular flexibility index (Phi) is 3.16. The van der Waals surface area contributed by atoms with E-state index in [-0.39, 0.29) is 11.9 Å². The number of hydrogen-bond acceptors (Lipinski definition) is 3. The molecule has 0 spiro atoms. The highest BCUT2D eigenvalue weighted by atomic mass is 19.1. The molecule has 1 aromatic heterocycles. The first kappa shape index (κ1) is 13.2. The number of aliphatic hydroxyl groups is 1. The molecule has 1 N–H and O–H groups in total. The van der Waals surface area contributed by atoms with Crippen molar-refractivity contribution in [2.24, 2.45) is 11.8 Å². The van der Waals surface area contributed by atoms with Gasteiger partial charge in [0, 0.05) is 25.0 Å². The molecule has 2 heterocycles. The van der Waals surface area contributed by atoms with Crippen LogP contribution in [0.25, 0.3) is 10.9 Å². The number of nitrogens with zero attached hydrogens (tertiary/aromatic N) is 2. The maximum absolute atomic E-state index is 13.2. The first-order valence-electron chi connectivity index (χ1n) is 7.65. The number of pyridine rings is 1. The van der Waals surface area contributed by atoms with Crippen LogP contribution in [-0.2, 0) is 6.54 Å². The number of rotatable bonds is 2. The molecule has 2 aliphatic rings. The van der Waals surface area contributed by atoms with E-state index >= 15 is 0 Å². The molecular formula is C17H19FN2O. The fourth-order valence-electron chi connectivity index (χ4n) is 3.88. The van der Waals surface area contributed by atoms with Crippen LogP contribution >= 0.6 is 0 Å². The Morgan fingerprint density at radius 3 is 2.67 bits per heavy atom. The van der Waals surface area contributed by atoms with Gasteiger partial charge in [0.05, 0.1) is 17.3 Å². The van der Waals surface area contributed by atoms with E-state index in [0.29, 0.717) is 11.8 Å². The third-order valence-corrected chi connectivity index (χ3v) is 4.95. The summed E-state index contributed by atoms with van der Waals surface area (Å²) in [4.78, 5) is 7.02. The van der Waals surface area contributed by atoms with Crippen molar-refractivity contribution in [3.63, 3.8) is 0 Å². The van der Waals surface area contributed by atoms with Gasteiger partial charge in [-0.1, -0.05) is 6.07 Å². The molecule has 1 saturated carbocycles. The van der Waals surface area contributed by atoms with Crippen LogP contribution in [0.3, 0.4) is 0 Å². The Bertz CT molecular complexity index is 661. The topological polar surface area (TPSA) is 36.4 Å². The van der Waals surface area contributed by atoms with Crippen LogP contribution in [0.4, 0.5) is 4.39 Å². The summed E-state index contributed by atoms with van der Waals surface area (Å²) in [6.07, 6.45) is 2.19. The zero-order valence-electron chi connectivity index (χ0n) is 11.9. The van der Waals surface area contributed by atoms with Crippen LogP contribution < -0.4 is 0 Å². The van der Waals surface area contributed by atoms with Crippen LogP contribution in [-0.4, -0.2) is 34.2 Å². The van der Waals surface area contributed by atoms with Gasteiger partial charge in [-0.25, -0.2) is 4.39 Å². The number of aliphatic hydroxyl groups excluding tert-OH is 1. The number of hydrogen-bond donors (Lipinski definition) is 1. The van der Waals surface area contributed by atoms with Gasteiger partial charge >= 0.3 is 0 Å². The summed E-state index contributed by atoms with van der Waals surface area (Å²) >= 11 is 0. The lowest BCUT2D eigenvalue weighted by Gasteiger charge is -2.35. The van der Waals surface area contributed by atoms with Crippen molar-refractivity contribution in [2.45, 2.75) is 25.5 Å². The Morgan fingerprint density at radius 1 is 1.14 bits per heavy atom. The first-order valence-corrected chi connectivity index (χ1v) is 7.65. The largest absolute Gasteiger partial charge is 0.392 e. The first-order chi connectivity index (χ1) is 10.2. The van der Waals surface area contributed by atoms with Crippen LogP contribution in [0.15, 0.2) is 30.3 Å². The lowest BCUT2D eigenvalue weighted by Crippen LogP contribution is -2.44. The minimum Gasteiger partial charge on any atom is -0.392 e. The molecule has 2 fully saturated rings. The van der Waals surface area contributed by atoms with E-state index in [0.717, 1.165) is 49.1 Å². The highest BCUT2D eigenvalue weighted by Crippen LogP contribution is 2.37. The van der Waals surface area contributed by atoms with Crippen molar-refractivity contribution in [1.82, 2.24) is 9.88 Å². The number of fused-ring (bicyclic) bond motifs is 3. The van der Waals surface area contributed by atoms with Gasteiger partial charge in [0.15, 0.2) is 0 Å². The van der Waals surface area contributed by atoms with Gasteiger partial charge in [-0.05, 0) is 48.9 Å². The van der Waals surface area contributed by atoms with Gasteiger partial charge in [0.1, 0.15) is 5.82 Å². The number of piperidine rings is 1. The lowest BCUT2D eigenvalue weighted by atomic mass is 9.95. The lowest BCUT2D eigenvalue weighted by molar-refractivity contribution is 0.0135. The van der Waals surface area contributed by atoms with E-state index < -0.39 is 0 Å². The van der Waals surface area contributed by atoms with E-state index in [1.165, 1.54) is 12.1 Å². The van der Waals surface area contributed by atoms with Crippen LogP contribution in [0.5, 0.6) is 0 Å². The minimum atomic E-state index is -0.223. The molecule has 1 saturated heterocycles. The molecule has 3 nitrogen and oxygen atoms in total. The van der Waals surface area contributed by atoms with Crippen molar-refractivity contribution in [3.8, 4) is 0 Å². The predicted molar refractivity (Wildman–Crippen MR) is 79.2 cm³/mol. The molecular weight excluding hydrogens is 267 g/mol. The van der Waals surface area contributed by atoms with Crippen molar-refractivity contribution in [1.29, 1.82) is 0 Å². The summed E-state index contributed by atoms with van der Waals surface area (Å²) in [5.74, 6) is 0.634. The van der Waals surface area contributed by atoms with Gasteiger partial charge in [-0.15, -0.1) is 0 Å². The third-order valence-electron chi connectivity index (χ3n) is 4.95. The van der Waals surface area contributed by atoms with Gasteiger partial charge in [-0.3, -0.25) is 9.88 Å². The summed E-state index contributed by atoms with van der Waals surface area (Å²) in [5.41, 5.74) is 1.86. The number of aromatic nitrogens is 1. The van der Waals surface area contributed by atoms with Crippen molar-refractivity contribution < 1.29 is 9.50 Å². The zero-order valence-corrected chi connectivity index (χ0v) is 11.9. The second-order valence-corrected chi connectivity index (χ2v) is 6.42. The number of halogens is 1. The van der Waals surface area contributed by atoms with Crippen molar-refractivity contribution >= 4 is 10.9 Å². The summed E-state index contributed by atoms with van der Waals surface area (Å²) in [5, 5.41) is 10.9. The van der Waals surface area contributed by atoms with E-state index in [9.17, 15) is 9.50 Å². The molecule has 2 aromatic rings. The second kappa shape index (κ2) is 5.04. The van der Waals surface area contributed by atoms with E-state index in [4.69, 9.17) is 0 Å². The quantitative estimate of drug-likeness (QED) is 0.922. The van der Waals surface area contributed by atoms with Crippen LogP contribution in [0.1, 0.15) is 18.5 Å². The van der Waals surface area contributed by atoms with E-state index in [1.807, 2.05) is 12.1 Å². The van der Waals surface area contributed by atoms with Crippen LogP contribution in [0.2, 0.25) is 0 Å². The normalized spacial score (nSPS) is 29.1. The maximum atomic E-state index is 13.2. The van der Waals surface area contributed by atoms with Crippen molar-refractivity contribution in [3.05, 3.63) is 41.8 Å². The SMILES string of the molecule is OC1[C@@H]2CC[C@H]1CN(Cc1ccc3cc(F)ccc3n1)C2. The monoisotopic (exact) mass is 286 g/mol. The molecule has 110 valence electrons. The molecule has 4 heteroatoms. The molecule has 3 atom stereocenters. The Labute approximate surface area is 123 Å². The molecule has 4 rings (SSSR count). The fourth-order valence-corrected chi connectivity index (χ4v) is 3.88. The Morgan fingerprint density at radius 2 is 1.90 bits per heavy atom. The van der Waals surface area contributed by atoms with Crippen molar-refractivity contribution in [2.75, 3.05) is 13.1 Å². The van der Waals surface area contributed by atoms with E-state index in [1.54, 1.807) is 6.07 Å². The van der Waals surface area contributed by atoms with Gasteiger partial charge in [0.25, 0.3) is 0 Å². The third kappa shape index (κ3) is 2.43. The molecule has 2 bridgehead atoms. The summed E-state index contributed by atoms with van der Waals surface area (Å²) < 4.78 is 13.2. The highest BCUT2D eigenvalue weighted by Gasteiger charge is 2.40. The molecule has 1 aliphatic heterocycles. The molecule has 21 heavy (non-hydrogen) atoms.